The first-order chi connectivity index (χ1) is 12.4. The molecule has 0 amide bonds. The molecule has 2 rings (SSSR count). The molecule has 0 N–H and O–H groups in total. The number of ether oxygens (including phenoxy) is 3. The topological polar surface area (TPSA) is 30.9 Å². The highest BCUT2D eigenvalue weighted by Crippen LogP contribution is 2.47. The smallest absolute Gasteiger partial charge is 0.168 e. The van der Waals surface area contributed by atoms with Gasteiger partial charge in [-0.25, -0.2) is 0 Å². The molecule has 154 valence electrons. The van der Waals surface area contributed by atoms with E-state index in [1.165, 1.54) is 25.7 Å². The Bertz CT molecular complexity index is 391. The molecule has 2 fully saturated rings. The summed E-state index contributed by atoms with van der Waals surface area (Å²) in [5.41, 5.74) is 0.457. The van der Waals surface area contributed by atoms with Crippen molar-refractivity contribution in [2.24, 2.45) is 11.3 Å². The lowest BCUT2D eigenvalue weighted by Gasteiger charge is -2.42. The van der Waals surface area contributed by atoms with Crippen molar-refractivity contribution in [3.63, 3.8) is 0 Å². The Morgan fingerprint density at radius 2 is 1.88 bits per heavy atom. The van der Waals surface area contributed by atoms with Crippen LogP contribution >= 0.6 is 0 Å². The summed E-state index contributed by atoms with van der Waals surface area (Å²) >= 11 is 0. The van der Waals surface area contributed by atoms with Crippen LogP contribution in [0.4, 0.5) is 0 Å². The van der Waals surface area contributed by atoms with Gasteiger partial charge >= 0.3 is 0 Å². The highest BCUT2D eigenvalue weighted by molar-refractivity contribution is 4.90. The molecule has 0 aromatic carbocycles. The van der Waals surface area contributed by atoms with Crippen LogP contribution in [-0.4, -0.2) is 56.7 Å². The summed E-state index contributed by atoms with van der Waals surface area (Å²) < 4.78 is 18.0. The molecule has 1 aliphatic heterocycles. The summed E-state index contributed by atoms with van der Waals surface area (Å²) in [6.45, 7) is 13.9. The summed E-state index contributed by atoms with van der Waals surface area (Å²) in [6.07, 6.45) is 9.69. The van der Waals surface area contributed by atoms with Gasteiger partial charge in [0.1, 0.15) is 0 Å². The number of hydrogen-bond acceptors (Lipinski definition) is 4. The normalized spacial score (nSPS) is 29.8. The van der Waals surface area contributed by atoms with E-state index in [0.717, 1.165) is 64.5 Å². The molecular weight excluding hydrogens is 326 g/mol. The van der Waals surface area contributed by atoms with Crippen LogP contribution in [0.5, 0.6) is 0 Å². The molecule has 0 aromatic rings. The molecule has 4 heteroatoms. The Balaban J connectivity index is 1.67. The van der Waals surface area contributed by atoms with Crippen LogP contribution in [0, 0.1) is 11.3 Å². The fourth-order valence-corrected chi connectivity index (χ4v) is 4.77. The van der Waals surface area contributed by atoms with Crippen molar-refractivity contribution >= 4 is 0 Å². The molecule has 1 unspecified atom stereocenters. The first kappa shape index (κ1) is 22.1. The van der Waals surface area contributed by atoms with Crippen LogP contribution in [-0.2, 0) is 14.2 Å². The summed E-state index contributed by atoms with van der Waals surface area (Å²) in [4.78, 5) is 2.39. The van der Waals surface area contributed by atoms with Crippen molar-refractivity contribution in [1.29, 1.82) is 0 Å². The molecular formula is C22H43NO3. The largest absolute Gasteiger partial charge is 0.382 e. The summed E-state index contributed by atoms with van der Waals surface area (Å²) in [5, 5.41) is 0. The van der Waals surface area contributed by atoms with E-state index in [1.54, 1.807) is 0 Å². The summed E-state index contributed by atoms with van der Waals surface area (Å²) in [7, 11) is 2.19. The summed E-state index contributed by atoms with van der Waals surface area (Å²) in [5.74, 6) is 0.549. The van der Waals surface area contributed by atoms with E-state index in [-0.39, 0.29) is 11.9 Å². The standard InChI is InChI=1S/C22H43NO3/c1-6-12-21(3,4)19-9-13-22(14-10-19)25-18-20(26-22)11-16-23(5)15-8-17-24-7-2/h19-20H,6-18H2,1-5H3. The maximum absolute atomic E-state index is 6.43. The maximum Gasteiger partial charge on any atom is 0.168 e. The van der Waals surface area contributed by atoms with E-state index in [2.05, 4.69) is 39.6 Å². The molecule has 4 nitrogen and oxygen atoms in total. The predicted molar refractivity (Wildman–Crippen MR) is 107 cm³/mol. The van der Waals surface area contributed by atoms with Crippen LogP contribution in [0.25, 0.3) is 0 Å². The minimum Gasteiger partial charge on any atom is -0.382 e. The summed E-state index contributed by atoms with van der Waals surface area (Å²) in [6, 6.07) is 0. The second-order valence-electron chi connectivity index (χ2n) is 9.12. The van der Waals surface area contributed by atoms with E-state index in [1.807, 2.05) is 0 Å². The molecule has 0 aromatic heterocycles. The van der Waals surface area contributed by atoms with Crippen LogP contribution < -0.4 is 0 Å². The van der Waals surface area contributed by atoms with Gasteiger partial charge in [-0.1, -0.05) is 27.2 Å². The van der Waals surface area contributed by atoms with Crippen molar-refractivity contribution in [2.45, 2.75) is 91.0 Å². The van der Waals surface area contributed by atoms with Crippen molar-refractivity contribution in [2.75, 3.05) is 40.0 Å². The molecule has 0 bridgehead atoms. The monoisotopic (exact) mass is 369 g/mol. The van der Waals surface area contributed by atoms with Crippen molar-refractivity contribution in [3.8, 4) is 0 Å². The second kappa shape index (κ2) is 10.4. The Morgan fingerprint density at radius 3 is 2.54 bits per heavy atom. The fraction of sp³-hybridized carbons (Fsp3) is 1.00. The Hall–Kier alpha value is -0.160. The molecule has 1 saturated carbocycles. The average Bonchev–Trinajstić information content (AvgIpc) is 3.00. The van der Waals surface area contributed by atoms with Gasteiger partial charge in [0.15, 0.2) is 5.79 Å². The van der Waals surface area contributed by atoms with Crippen molar-refractivity contribution < 1.29 is 14.2 Å². The van der Waals surface area contributed by atoms with E-state index in [9.17, 15) is 0 Å². The van der Waals surface area contributed by atoms with Crippen LogP contribution in [0.1, 0.15) is 79.1 Å². The van der Waals surface area contributed by atoms with E-state index < -0.39 is 0 Å². The zero-order valence-electron chi connectivity index (χ0n) is 18.0. The van der Waals surface area contributed by atoms with Gasteiger partial charge in [-0.05, 0) is 57.4 Å². The van der Waals surface area contributed by atoms with Crippen LogP contribution in [0.3, 0.4) is 0 Å². The minimum absolute atomic E-state index is 0.267. The fourth-order valence-electron chi connectivity index (χ4n) is 4.77. The zero-order valence-corrected chi connectivity index (χ0v) is 18.0. The van der Waals surface area contributed by atoms with E-state index in [0.29, 0.717) is 5.41 Å². The maximum atomic E-state index is 6.43. The van der Waals surface area contributed by atoms with Crippen molar-refractivity contribution in [1.82, 2.24) is 4.90 Å². The molecule has 1 saturated heterocycles. The lowest BCUT2D eigenvalue weighted by molar-refractivity contribution is -0.197. The Morgan fingerprint density at radius 1 is 1.15 bits per heavy atom. The lowest BCUT2D eigenvalue weighted by atomic mass is 9.68. The SMILES string of the molecule is CCCC(C)(C)C1CCC2(CC1)OCC(CCN(C)CCCOCC)O2. The molecule has 1 spiro atoms. The number of nitrogens with zero attached hydrogens (tertiary/aromatic N) is 1. The van der Waals surface area contributed by atoms with Gasteiger partial charge < -0.3 is 19.1 Å². The van der Waals surface area contributed by atoms with Gasteiger partial charge in [0.25, 0.3) is 0 Å². The van der Waals surface area contributed by atoms with Gasteiger partial charge in [-0.15, -0.1) is 0 Å². The average molecular weight is 370 g/mol. The van der Waals surface area contributed by atoms with Crippen LogP contribution in [0.15, 0.2) is 0 Å². The third-order valence-electron chi connectivity index (χ3n) is 6.53. The van der Waals surface area contributed by atoms with Crippen LogP contribution in [0.2, 0.25) is 0 Å². The third kappa shape index (κ3) is 6.47. The molecule has 1 atom stereocenters. The first-order valence-corrected chi connectivity index (χ1v) is 11.0. The van der Waals surface area contributed by atoms with E-state index >= 15 is 0 Å². The molecule has 0 radical (unpaired) electrons. The quantitative estimate of drug-likeness (QED) is 0.487. The number of rotatable bonds is 11. The van der Waals surface area contributed by atoms with Gasteiger partial charge in [-0.3, -0.25) is 0 Å². The van der Waals surface area contributed by atoms with Gasteiger partial charge in [0, 0.05) is 39.1 Å². The molecule has 26 heavy (non-hydrogen) atoms. The highest BCUT2D eigenvalue weighted by atomic mass is 16.7. The second-order valence-corrected chi connectivity index (χ2v) is 9.12. The predicted octanol–water partition coefficient (Wildman–Crippen LogP) is 4.86. The van der Waals surface area contributed by atoms with Gasteiger partial charge in [0.05, 0.1) is 12.7 Å². The van der Waals surface area contributed by atoms with Gasteiger partial charge in [-0.2, -0.15) is 0 Å². The van der Waals surface area contributed by atoms with Gasteiger partial charge in [0.2, 0.25) is 0 Å². The minimum atomic E-state index is -0.267. The zero-order chi connectivity index (χ0) is 19.0. The molecule has 2 aliphatic rings. The number of hydrogen-bond donors (Lipinski definition) is 0. The Labute approximate surface area is 161 Å². The molecule has 1 aliphatic carbocycles. The molecule has 1 heterocycles. The lowest BCUT2D eigenvalue weighted by Crippen LogP contribution is -2.39. The van der Waals surface area contributed by atoms with Crippen molar-refractivity contribution in [3.05, 3.63) is 0 Å². The first-order valence-electron chi connectivity index (χ1n) is 11.0. The third-order valence-corrected chi connectivity index (χ3v) is 6.53. The van der Waals surface area contributed by atoms with E-state index in [4.69, 9.17) is 14.2 Å². The Kier molecular flexibility index (Phi) is 8.85. The highest BCUT2D eigenvalue weighted by Gasteiger charge is 2.46.